The van der Waals surface area contributed by atoms with E-state index in [4.69, 9.17) is 18.9 Å². The summed E-state index contributed by atoms with van der Waals surface area (Å²) in [6, 6.07) is 10.8. The van der Waals surface area contributed by atoms with Crippen LogP contribution in [0.4, 0.5) is 0 Å². The molecule has 0 saturated heterocycles. The molecule has 2 aromatic rings. The standard InChI is InChI=1S/C21H22O5.CH4/c1-23-18-9-15(10-19(13-18)24-2)5-7-17(22)8-6-16-11-20(25-3)14-21(12-16)26-4;/h5-14H,1-4H3;1H4/b7-5+,8-6+;. The summed E-state index contributed by atoms with van der Waals surface area (Å²) in [6.07, 6.45) is 6.40. The van der Waals surface area contributed by atoms with Gasteiger partial charge in [-0.05, 0) is 47.5 Å². The van der Waals surface area contributed by atoms with Gasteiger partial charge >= 0.3 is 0 Å². The van der Waals surface area contributed by atoms with Crippen molar-refractivity contribution in [1.29, 1.82) is 0 Å². The molecule has 0 N–H and O–H groups in total. The van der Waals surface area contributed by atoms with Gasteiger partial charge in [0.2, 0.25) is 0 Å². The maximum Gasteiger partial charge on any atom is 0.178 e. The molecule has 0 heterocycles. The molecule has 0 aliphatic rings. The predicted molar refractivity (Wildman–Crippen MR) is 109 cm³/mol. The van der Waals surface area contributed by atoms with Crippen LogP contribution in [-0.2, 0) is 4.79 Å². The van der Waals surface area contributed by atoms with Crippen LogP contribution in [0.15, 0.2) is 48.6 Å². The zero-order valence-electron chi connectivity index (χ0n) is 15.3. The van der Waals surface area contributed by atoms with Gasteiger partial charge in [0.1, 0.15) is 23.0 Å². The minimum atomic E-state index is -0.145. The van der Waals surface area contributed by atoms with Crippen molar-refractivity contribution in [2.45, 2.75) is 7.43 Å². The van der Waals surface area contributed by atoms with Crippen molar-refractivity contribution in [2.24, 2.45) is 0 Å². The molecule has 27 heavy (non-hydrogen) atoms. The van der Waals surface area contributed by atoms with Crippen molar-refractivity contribution in [3.8, 4) is 23.0 Å². The van der Waals surface area contributed by atoms with Gasteiger partial charge in [0.15, 0.2) is 5.78 Å². The molecular formula is C22H26O5. The highest BCUT2D eigenvalue weighted by Gasteiger charge is 2.01. The average molecular weight is 370 g/mol. The molecule has 0 fully saturated rings. The number of benzene rings is 2. The summed E-state index contributed by atoms with van der Waals surface area (Å²) in [7, 11) is 6.33. The van der Waals surface area contributed by atoms with Crippen LogP contribution in [0.2, 0.25) is 0 Å². The number of carbonyl (C=O) groups is 1. The van der Waals surface area contributed by atoms with Gasteiger partial charge in [-0.1, -0.05) is 19.6 Å². The number of hydrogen-bond donors (Lipinski definition) is 0. The van der Waals surface area contributed by atoms with Crippen LogP contribution >= 0.6 is 0 Å². The van der Waals surface area contributed by atoms with E-state index in [0.717, 1.165) is 11.1 Å². The molecule has 0 aliphatic heterocycles. The Balaban J connectivity index is 0.00000364. The fourth-order valence-electron chi connectivity index (χ4n) is 2.26. The van der Waals surface area contributed by atoms with Crippen LogP contribution in [0.5, 0.6) is 23.0 Å². The van der Waals surface area contributed by atoms with Crippen molar-refractivity contribution in [1.82, 2.24) is 0 Å². The number of ether oxygens (including phenoxy) is 4. The second kappa shape index (κ2) is 10.7. The van der Waals surface area contributed by atoms with Gasteiger partial charge < -0.3 is 18.9 Å². The zero-order valence-corrected chi connectivity index (χ0v) is 15.3. The minimum Gasteiger partial charge on any atom is -0.497 e. The van der Waals surface area contributed by atoms with Crippen LogP contribution in [0.3, 0.4) is 0 Å². The lowest BCUT2D eigenvalue weighted by molar-refractivity contribution is -0.110. The Morgan fingerprint density at radius 3 is 1.19 bits per heavy atom. The second-order valence-corrected chi connectivity index (χ2v) is 5.36. The molecule has 0 radical (unpaired) electrons. The number of allylic oxidation sites excluding steroid dienone is 2. The van der Waals surface area contributed by atoms with Gasteiger partial charge in [-0.2, -0.15) is 0 Å². The van der Waals surface area contributed by atoms with E-state index in [2.05, 4.69) is 0 Å². The molecule has 0 aromatic heterocycles. The van der Waals surface area contributed by atoms with Crippen LogP contribution in [0, 0.1) is 0 Å². The first-order valence-corrected chi connectivity index (χ1v) is 7.94. The van der Waals surface area contributed by atoms with Crippen LogP contribution in [0.1, 0.15) is 18.6 Å². The minimum absolute atomic E-state index is 0. The molecule has 0 spiro atoms. The first-order valence-electron chi connectivity index (χ1n) is 7.94. The van der Waals surface area contributed by atoms with E-state index in [-0.39, 0.29) is 13.2 Å². The number of carbonyl (C=O) groups excluding carboxylic acids is 1. The summed E-state index contributed by atoms with van der Waals surface area (Å²) in [4.78, 5) is 12.1. The summed E-state index contributed by atoms with van der Waals surface area (Å²) in [5, 5.41) is 0. The maximum absolute atomic E-state index is 12.1. The summed E-state index contributed by atoms with van der Waals surface area (Å²) >= 11 is 0. The van der Waals surface area contributed by atoms with E-state index in [9.17, 15) is 4.79 Å². The van der Waals surface area contributed by atoms with Gasteiger partial charge in [0.05, 0.1) is 28.4 Å². The topological polar surface area (TPSA) is 54.0 Å². The third-order valence-corrected chi connectivity index (χ3v) is 3.63. The Kier molecular flexibility index (Phi) is 8.66. The highest BCUT2D eigenvalue weighted by atomic mass is 16.5. The Morgan fingerprint density at radius 1 is 0.630 bits per heavy atom. The van der Waals surface area contributed by atoms with Crippen molar-refractivity contribution < 1.29 is 23.7 Å². The predicted octanol–water partition coefficient (Wildman–Crippen LogP) is 4.65. The lowest BCUT2D eigenvalue weighted by atomic mass is 10.1. The fraction of sp³-hybridized carbons (Fsp3) is 0.227. The second-order valence-electron chi connectivity index (χ2n) is 5.36. The van der Waals surface area contributed by atoms with E-state index in [0.29, 0.717) is 23.0 Å². The number of methoxy groups -OCH3 is 4. The van der Waals surface area contributed by atoms with Gasteiger partial charge in [-0.15, -0.1) is 0 Å². The molecule has 2 rings (SSSR count). The lowest BCUT2D eigenvalue weighted by Gasteiger charge is -2.05. The molecule has 0 aliphatic carbocycles. The third-order valence-electron chi connectivity index (χ3n) is 3.63. The van der Waals surface area contributed by atoms with E-state index < -0.39 is 0 Å². The van der Waals surface area contributed by atoms with Gasteiger partial charge in [0, 0.05) is 12.1 Å². The van der Waals surface area contributed by atoms with Crippen molar-refractivity contribution in [3.05, 3.63) is 59.7 Å². The SMILES string of the molecule is C.COc1cc(/C=C/C(=O)/C=C/c2cc(OC)cc(OC)c2)cc(OC)c1. The molecule has 144 valence electrons. The van der Waals surface area contributed by atoms with E-state index in [1.165, 1.54) is 12.2 Å². The Labute approximate surface area is 160 Å². The van der Waals surface area contributed by atoms with Crippen molar-refractivity contribution in [3.63, 3.8) is 0 Å². The number of rotatable bonds is 8. The quantitative estimate of drug-likeness (QED) is 0.633. The van der Waals surface area contributed by atoms with Crippen molar-refractivity contribution in [2.75, 3.05) is 28.4 Å². The summed E-state index contributed by atoms with van der Waals surface area (Å²) in [5.74, 6) is 2.51. The van der Waals surface area contributed by atoms with Gasteiger partial charge in [-0.3, -0.25) is 4.79 Å². The maximum atomic E-state index is 12.1. The van der Waals surface area contributed by atoms with Gasteiger partial charge in [0.25, 0.3) is 0 Å². The molecule has 0 saturated carbocycles. The van der Waals surface area contributed by atoms with Crippen LogP contribution in [-0.4, -0.2) is 34.2 Å². The molecule has 0 amide bonds. The fourth-order valence-corrected chi connectivity index (χ4v) is 2.26. The van der Waals surface area contributed by atoms with Crippen LogP contribution in [0.25, 0.3) is 12.2 Å². The largest absolute Gasteiger partial charge is 0.497 e. The molecule has 5 heteroatoms. The molecule has 2 aromatic carbocycles. The highest BCUT2D eigenvalue weighted by molar-refractivity contribution is 6.04. The smallest absolute Gasteiger partial charge is 0.178 e. The average Bonchev–Trinajstić information content (AvgIpc) is 2.69. The summed E-state index contributed by atoms with van der Waals surface area (Å²) in [5.41, 5.74) is 1.62. The summed E-state index contributed by atoms with van der Waals surface area (Å²) in [6.45, 7) is 0. The Hall–Kier alpha value is -3.21. The first kappa shape index (κ1) is 21.8. The molecule has 0 bridgehead atoms. The molecular weight excluding hydrogens is 344 g/mol. The van der Waals surface area contributed by atoms with E-state index >= 15 is 0 Å². The molecule has 0 unspecified atom stereocenters. The Bertz CT molecular complexity index is 709. The normalized spacial score (nSPS) is 10.5. The summed E-state index contributed by atoms with van der Waals surface area (Å²) < 4.78 is 20.9. The van der Waals surface area contributed by atoms with E-state index in [1.807, 2.05) is 24.3 Å². The molecule has 5 nitrogen and oxygen atoms in total. The van der Waals surface area contributed by atoms with E-state index in [1.54, 1.807) is 52.7 Å². The monoisotopic (exact) mass is 370 g/mol. The van der Waals surface area contributed by atoms with Gasteiger partial charge in [-0.25, -0.2) is 0 Å². The van der Waals surface area contributed by atoms with Crippen molar-refractivity contribution >= 4 is 17.9 Å². The third kappa shape index (κ3) is 6.55. The zero-order chi connectivity index (χ0) is 18.9. The number of ketones is 1. The van der Waals surface area contributed by atoms with Crippen LogP contribution < -0.4 is 18.9 Å². The highest BCUT2D eigenvalue weighted by Crippen LogP contribution is 2.24. The number of hydrogen-bond acceptors (Lipinski definition) is 5. The Morgan fingerprint density at radius 2 is 0.926 bits per heavy atom. The lowest BCUT2D eigenvalue weighted by Crippen LogP contribution is -1.90. The molecule has 0 atom stereocenters. The first-order chi connectivity index (χ1) is 12.6.